The number of carbonyl (C=O) groups is 2. The topological polar surface area (TPSA) is 121 Å². The number of phenolic OH excluding ortho intramolecular Hbond substituents is 1. The van der Waals surface area contributed by atoms with Gasteiger partial charge in [0, 0.05) is 39.6 Å². The predicted octanol–water partition coefficient (Wildman–Crippen LogP) is 10.2. The molecule has 4 heterocycles. The highest BCUT2D eigenvalue weighted by Gasteiger charge is 2.20. The van der Waals surface area contributed by atoms with Gasteiger partial charge in [-0.05, 0) is 53.8 Å². The molecule has 4 aromatic heterocycles. The molecule has 2 aromatic carbocycles. The average Bonchev–Trinajstić information content (AvgIpc) is 3.83. The van der Waals surface area contributed by atoms with E-state index < -0.39 is 16.6 Å². The number of nitrogens with zero attached hydrogens (tertiary/aromatic N) is 2. The van der Waals surface area contributed by atoms with Crippen molar-refractivity contribution in [3.63, 3.8) is 0 Å². The van der Waals surface area contributed by atoms with Crippen molar-refractivity contribution in [3.8, 4) is 11.5 Å². The zero-order valence-electron chi connectivity index (χ0n) is 25.5. The van der Waals surface area contributed by atoms with Gasteiger partial charge in [0.15, 0.2) is 10.0 Å². The number of benzene rings is 2. The minimum atomic E-state index is -1.72. The number of methoxy groups -OCH3 is 1. The molecule has 0 radical (unpaired) electrons. The molecule has 0 bridgehead atoms. The number of hydrogen-bond acceptors (Lipinski definition) is 8. The van der Waals surface area contributed by atoms with Crippen LogP contribution in [-0.2, 0) is 0 Å². The number of aromatic nitrogens is 4. The SMILES string of the molecule is CC(C)c1csc(C(=O)Cl)n1.CC(C)c1csc(C(=O)c2c[nH]c3cccc(O)c23)n1.COc1cccc2[nH]ccc12.[Cl][Al]([Cl])[Cl]. The van der Waals surface area contributed by atoms with Gasteiger partial charge in [0.05, 0.1) is 29.4 Å². The molecule has 0 spiro atoms. The van der Waals surface area contributed by atoms with Gasteiger partial charge in [-0.2, -0.15) is 0 Å². The quantitative estimate of drug-likeness (QED) is 0.0884. The van der Waals surface area contributed by atoms with E-state index in [1.807, 2.05) is 75.0 Å². The lowest BCUT2D eigenvalue weighted by Gasteiger charge is -1.99. The number of carbonyl (C=O) groups excluding carboxylic acids is 2. The molecule has 0 fully saturated rings. The minimum absolute atomic E-state index is 0.104. The number of phenols is 1. The van der Waals surface area contributed by atoms with Gasteiger partial charge >= 0.3 is 11.4 Å². The summed E-state index contributed by atoms with van der Waals surface area (Å²) in [6, 6.07) is 13.1. The van der Waals surface area contributed by atoms with E-state index in [0.29, 0.717) is 32.8 Å². The number of ketones is 1. The number of aromatic amines is 2. The number of nitrogens with one attached hydrogen (secondary N) is 2. The van der Waals surface area contributed by atoms with Gasteiger partial charge in [-0.15, -0.1) is 22.7 Å². The van der Waals surface area contributed by atoms with Crippen molar-refractivity contribution in [1.29, 1.82) is 0 Å². The number of fused-ring (bicyclic) bond motifs is 2. The second-order valence-electron chi connectivity index (χ2n) is 10.1. The number of halogens is 4. The van der Waals surface area contributed by atoms with E-state index in [0.717, 1.165) is 33.6 Å². The zero-order chi connectivity index (χ0) is 34.0. The molecular formula is C31H31AlCl4N4O4S2. The Labute approximate surface area is 296 Å². The molecule has 0 unspecified atom stereocenters. The molecule has 6 rings (SSSR count). The highest BCUT2D eigenvalue weighted by molar-refractivity contribution is 7.54. The van der Waals surface area contributed by atoms with E-state index in [2.05, 4.69) is 19.9 Å². The first-order chi connectivity index (χ1) is 21.8. The Kier molecular flexibility index (Phi) is 14.9. The van der Waals surface area contributed by atoms with Crippen LogP contribution in [0.1, 0.15) is 76.1 Å². The molecule has 242 valence electrons. The summed E-state index contributed by atoms with van der Waals surface area (Å²) in [6.07, 6.45) is 3.54. The summed E-state index contributed by atoms with van der Waals surface area (Å²) in [5.74, 6) is 1.52. The van der Waals surface area contributed by atoms with Gasteiger partial charge in [0.1, 0.15) is 11.5 Å². The largest absolute Gasteiger partial charge is 0.643 e. The molecule has 0 saturated heterocycles. The van der Waals surface area contributed by atoms with Crippen LogP contribution in [0.4, 0.5) is 0 Å². The van der Waals surface area contributed by atoms with Gasteiger partial charge in [-0.3, -0.25) is 9.59 Å². The maximum atomic E-state index is 12.5. The summed E-state index contributed by atoms with van der Waals surface area (Å²) in [4.78, 5) is 37.7. The van der Waals surface area contributed by atoms with Crippen LogP contribution in [0.25, 0.3) is 21.8 Å². The van der Waals surface area contributed by atoms with Crippen LogP contribution in [0.3, 0.4) is 0 Å². The number of H-pyrrole nitrogens is 2. The molecule has 6 aromatic rings. The summed E-state index contributed by atoms with van der Waals surface area (Å²) < 4.78 is 5.17. The molecule has 8 nitrogen and oxygen atoms in total. The lowest BCUT2D eigenvalue weighted by atomic mass is 10.1. The third-order valence-electron chi connectivity index (χ3n) is 6.29. The highest BCUT2D eigenvalue weighted by atomic mass is 35.8. The number of aromatic hydroxyl groups is 1. The van der Waals surface area contributed by atoms with Crippen LogP contribution < -0.4 is 4.74 Å². The summed E-state index contributed by atoms with van der Waals surface area (Å²) in [5, 5.41) is 15.8. The lowest BCUT2D eigenvalue weighted by Crippen LogP contribution is -2.00. The molecule has 3 N–H and O–H groups in total. The molecule has 0 amide bonds. The molecular weight excluding hydrogens is 725 g/mol. The van der Waals surface area contributed by atoms with Crippen LogP contribution in [0.5, 0.6) is 11.5 Å². The van der Waals surface area contributed by atoms with Crippen LogP contribution >= 0.6 is 64.4 Å². The van der Waals surface area contributed by atoms with E-state index in [1.54, 1.807) is 25.4 Å². The smallest absolute Gasteiger partial charge is 0.507 e. The van der Waals surface area contributed by atoms with Crippen LogP contribution in [0.15, 0.2) is 65.6 Å². The Hall–Kier alpha value is -2.59. The maximum absolute atomic E-state index is 12.5. The molecule has 15 heteroatoms. The van der Waals surface area contributed by atoms with E-state index >= 15 is 0 Å². The van der Waals surface area contributed by atoms with Crippen LogP contribution in [0, 0.1) is 0 Å². The molecule has 0 aliphatic heterocycles. The average molecular weight is 757 g/mol. The zero-order valence-corrected chi connectivity index (χ0v) is 31.3. The third kappa shape index (κ3) is 10.5. The first-order valence-electron chi connectivity index (χ1n) is 13.8. The summed E-state index contributed by atoms with van der Waals surface area (Å²) >= 11 is 6.14. The van der Waals surface area contributed by atoms with Crippen molar-refractivity contribution in [2.45, 2.75) is 39.5 Å². The monoisotopic (exact) mass is 754 g/mol. The number of thiazole rings is 2. The number of ether oxygens (including phenoxy) is 1. The highest BCUT2D eigenvalue weighted by Crippen LogP contribution is 2.30. The van der Waals surface area contributed by atoms with Gasteiger partial charge in [0.25, 0.3) is 5.24 Å². The van der Waals surface area contributed by atoms with Crippen molar-refractivity contribution in [2.75, 3.05) is 7.11 Å². The van der Waals surface area contributed by atoms with Crippen LogP contribution in [0.2, 0.25) is 0 Å². The first kappa shape index (κ1) is 37.9. The second kappa shape index (κ2) is 18.1. The Morgan fingerprint density at radius 1 is 0.870 bits per heavy atom. The number of rotatable bonds is 6. The normalized spacial score (nSPS) is 10.5. The van der Waals surface area contributed by atoms with Gasteiger partial charge < -0.3 is 19.8 Å². The van der Waals surface area contributed by atoms with Crippen LogP contribution in [-0.4, -0.2) is 54.6 Å². The van der Waals surface area contributed by atoms with Gasteiger partial charge in [0.2, 0.25) is 5.78 Å². The van der Waals surface area contributed by atoms with Gasteiger partial charge in [-0.1, -0.05) is 39.8 Å². The molecule has 0 aliphatic carbocycles. The molecule has 46 heavy (non-hydrogen) atoms. The minimum Gasteiger partial charge on any atom is -0.507 e. The van der Waals surface area contributed by atoms with Crippen molar-refractivity contribution in [1.82, 2.24) is 19.9 Å². The van der Waals surface area contributed by atoms with Crippen molar-refractivity contribution in [2.24, 2.45) is 0 Å². The summed E-state index contributed by atoms with van der Waals surface area (Å²) in [5.41, 5.74) is 4.17. The predicted molar refractivity (Wildman–Crippen MR) is 194 cm³/mol. The fourth-order valence-corrected chi connectivity index (χ4v) is 5.91. The Morgan fingerprint density at radius 2 is 1.43 bits per heavy atom. The van der Waals surface area contributed by atoms with E-state index in [1.165, 1.54) is 22.7 Å². The summed E-state index contributed by atoms with van der Waals surface area (Å²) in [6.45, 7) is 8.14. The fraction of sp³-hybridized carbons (Fsp3) is 0.226. The van der Waals surface area contributed by atoms with Gasteiger partial charge in [-0.25, -0.2) is 40.1 Å². The Balaban J connectivity index is 0.000000189. The van der Waals surface area contributed by atoms with E-state index in [4.69, 9.17) is 46.5 Å². The molecule has 0 atom stereocenters. The molecule has 0 saturated carbocycles. The Morgan fingerprint density at radius 3 is 1.98 bits per heavy atom. The first-order valence-corrected chi connectivity index (χ1v) is 21.2. The van der Waals surface area contributed by atoms with Crippen molar-refractivity contribution in [3.05, 3.63) is 92.6 Å². The molecule has 0 aliphatic rings. The third-order valence-corrected chi connectivity index (χ3v) is 8.30. The maximum Gasteiger partial charge on any atom is 0.643 e. The number of hydrogen-bond donors (Lipinski definition) is 3. The lowest BCUT2D eigenvalue weighted by molar-refractivity contribution is 0.103. The fourth-order valence-electron chi connectivity index (χ4n) is 3.99. The Bertz CT molecular complexity index is 1880. The van der Waals surface area contributed by atoms with E-state index in [-0.39, 0.29) is 11.5 Å². The second-order valence-corrected chi connectivity index (χ2v) is 18.6. The van der Waals surface area contributed by atoms with Crippen molar-refractivity contribution < 1.29 is 19.4 Å². The summed E-state index contributed by atoms with van der Waals surface area (Å²) in [7, 11) is 16.5. The van der Waals surface area contributed by atoms with Crippen molar-refractivity contribution >= 4 is 109 Å². The standard InChI is InChI=1S/C15H14N2O2S.C9H9NO.C7H8ClNOS.Al.3ClH/c1-8(2)11-7-20-15(17-11)14(19)9-6-16-10-4-3-5-12(18)13(9)10;1-11-9-4-2-3-8-7(9)5-6-10-8;1-4(2)5-3-11-7(9-5)6(8)10;;;;/h3-8,16,18H,1-2H3;2-6,10H,1H3;3-4H,1-2H3;;3*1H/q;;;+3;;;/p-3. The van der Waals surface area contributed by atoms with E-state index in [9.17, 15) is 14.7 Å².